The smallest absolute Gasteiger partial charge is 0.0234 e. The number of benzene rings is 2. The van der Waals surface area contributed by atoms with Crippen LogP contribution in [0.4, 0.5) is 0 Å². The summed E-state index contributed by atoms with van der Waals surface area (Å²) in [7, 11) is 0. The first-order valence-corrected chi connectivity index (χ1v) is 18.8. The van der Waals surface area contributed by atoms with E-state index >= 15 is 0 Å². The molecule has 4 heteroatoms. The summed E-state index contributed by atoms with van der Waals surface area (Å²) in [6.45, 7) is 28.6. The molecule has 2 heterocycles. The first kappa shape index (κ1) is 36.1. The lowest BCUT2D eigenvalue weighted by molar-refractivity contribution is 0.124. The Bertz CT molecular complexity index is 1050. The third-order valence-electron chi connectivity index (χ3n) is 10.7. The van der Waals surface area contributed by atoms with Crippen molar-refractivity contribution < 1.29 is 0 Å². The summed E-state index contributed by atoms with van der Waals surface area (Å²) in [5, 5.41) is 0. The number of rotatable bonds is 18. The molecule has 45 heavy (non-hydrogen) atoms. The van der Waals surface area contributed by atoms with E-state index < -0.39 is 0 Å². The summed E-state index contributed by atoms with van der Waals surface area (Å²) in [5.74, 6) is 2.92. The zero-order chi connectivity index (χ0) is 32.0. The van der Waals surface area contributed by atoms with Crippen LogP contribution >= 0.6 is 0 Å². The van der Waals surface area contributed by atoms with E-state index in [4.69, 9.17) is 0 Å². The highest BCUT2D eigenvalue weighted by molar-refractivity contribution is 5.26. The zero-order valence-electron chi connectivity index (χ0n) is 30.2. The van der Waals surface area contributed by atoms with Crippen LogP contribution in [0, 0.1) is 11.8 Å². The van der Waals surface area contributed by atoms with Gasteiger partial charge in [0.05, 0.1) is 0 Å². The lowest BCUT2D eigenvalue weighted by Crippen LogP contribution is -2.46. The van der Waals surface area contributed by atoms with Crippen LogP contribution in [-0.4, -0.2) is 85.0 Å². The van der Waals surface area contributed by atoms with Crippen molar-refractivity contribution in [3.8, 4) is 0 Å². The third kappa shape index (κ3) is 13.1. The van der Waals surface area contributed by atoms with Crippen molar-refractivity contribution in [3.05, 3.63) is 70.8 Å². The summed E-state index contributed by atoms with van der Waals surface area (Å²) in [6.07, 6.45) is 9.47. The molecular weight excluding hydrogens is 548 g/mol. The average molecular weight is 617 g/mol. The van der Waals surface area contributed by atoms with Gasteiger partial charge in [-0.05, 0) is 84.7 Å². The topological polar surface area (TPSA) is 13.0 Å². The van der Waals surface area contributed by atoms with Crippen molar-refractivity contribution in [1.29, 1.82) is 0 Å². The monoisotopic (exact) mass is 617 g/mol. The third-order valence-corrected chi connectivity index (χ3v) is 10.7. The Morgan fingerprint density at radius 1 is 0.467 bits per heavy atom. The summed E-state index contributed by atoms with van der Waals surface area (Å²) >= 11 is 0. The molecule has 0 bridgehead atoms. The van der Waals surface area contributed by atoms with Gasteiger partial charge in [-0.2, -0.15) is 0 Å². The maximum atomic E-state index is 2.70. The second kappa shape index (κ2) is 19.2. The van der Waals surface area contributed by atoms with Crippen molar-refractivity contribution in [2.45, 2.75) is 111 Å². The van der Waals surface area contributed by atoms with Gasteiger partial charge in [-0.1, -0.05) is 109 Å². The fourth-order valence-electron chi connectivity index (χ4n) is 7.21. The van der Waals surface area contributed by atoms with E-state index in [-0.39, 0.29) is 0 Å². The molecule has 2 fully saturated rings. The molecule has 2 atom stereocenters. The summed E-state index contributed by atoms with van der Waals surface area (Å²) in [5.41, 5.74) is 5.90. The first-order valence-electron chi connectivity index (χ1n) is 18.8. The molecule has 2 aromatic rings. The van der Waals surface area contributed by atoms with Crippen LogP contribution in [0.5, 0.6) is 0 Å². The molecule has 4 rings (SSSR count). The van der Waals surface area contributed by atoms with Crippen molar-refractivity contribution in [3.63, 3.8) is 0 Å². The van der Waals surface area contributed by atoms with Crippen LogP contribution in [0.3, 0.4) is 0 Å². The normalized spacial score (nSPS) is 19.0. The van der Waals surface area contributed by atoms with E-state index in [1.165, 1.54) is 133 Å². The zero-order valence-corrected chi connectivity index (χ0v) is 30.2. The van der Waals surface area contributed by atoms with E-state index in [0.717, 1.165) is 24.9 Å². The molecule has 0 radical (unpaired) electrons. The summed E-state index contributed by atoms with van der Waals surface area (Å²) in [4.78, 5) is 10.7. The van der Waals surface area contributed by atoms with Gasteiger partial charge in [0.1, 0.15) is 0 Å². The molecule has 0 saturated carbocycles. The van der Waals surface area contributed by atoms with Crippen molar-refractivity contribution >= 4 is 0 Å². The Balaban J connectivity index is 1.04. The average Bonchev–Trinajstić information content (AvgIpc) is 3.04. The van der Waals surface area contributed by atoms with Crippen LogP contribution in [-0.2, 0) is 13.1 Å². The Morgan fingerprint density at radius 2 is 0.933 bits per heavy atom. The molecule has 2 unspecified atom stereocenters. The minimum absolute atomic E-state index is 0.613. The number of hydrogen-bond acceptors (Lipinski definition) is 4. The van der Waals surface area contributed by atoms with Gasteiger partial charge >= 0.3 is 0 Å². The molecule has 2 aromatic carbocycles. The van der Waals surface area contributed by atoms with Gasteiger partial charge in [0.25, 0.3) is 0 Å². The van der Waals surface area contributed by atoms with E-state index in [1.807, 2.05) is 0 Å². The van der Waals surface area contributed by atoms with Crippen LogP contribution in [0.2, 0.25) is 0 Å². The predicted molar refractivity (Wildman–Crippen MR) is 195 cm³/mol. The lowest BCUT2D eigenvalue weighted by Gasteiger charge is -2.35. The Morgan fingerprint density at radius 3 is 1.42 bits per heavy atom. The minimum Gasteiger partial charge on any atom is -0.301 e. The fraction of sp³-hybridized carbons (Fsp3) is 0.707. The quantitative estimate of drug-likeness (QED) is 0.155. The van der Waals surface area contributed by atoms with Gasteiger partial charge in [0, 0.05) is 65.4 Å². The predicted octanol–water partition coefficient (Wildman–Crippen LogP) is 8.87. The van der Waals surface area contributed by atoms with Crippen molar-refractivity contribution in [2.24, 2.45) is 11.8 Å². The second-order valence-corrected chi connectivity index (χ2v) is 15.5. The van der Waals surface area contributed by atoms with Gasteiger partial charge < -0.3 is 9.80 Å². The largest absolute Gasteiger partial charge is 0.301 e. The van der Waals surface area contributed by atoms with E-state index in [9.17, 15) is 0 Å². The summed E-state index contributed by atoms with van der Waals surface area (Å²) in [6, 6.07) is 18.9. The van der Waals surface area contributed by atoms with Crippen molar-refractivity contribution in [2.75, 3.05) is 65.4 Å². The first-order chi connectivity index (χ1) is 21.7. The van der Waals surface area contributed by atoms with Crippen LogP contribution in [0.1, 0.15) is 121 Å². The molecule has 0 amide bonds. The number of hydrogen-bond donors (Lipinski definition) is 0. The van der Waals surface area contributed by atoms with Gasteiger partial charge in [-0.3, -0.25) is 9.80 Å². The Labute approximate surface area is 278 Å². The van der Waals surface area contributed by atoms with E-state index in [1.54, 1.807) is 0 Å². The van der Waals surface area contributed by atoms with Crippen LogP contribution in [0.25, 0.3) is 0 Å². The van der Waals surface area contributed by atoms with Crippen molar-refractivity contribution in [1.82, 2.24) is 19.6 Å². The highest BCUT2D eigenvalue weighted by atomic mass is 15.3. The molecular formula is C41H68N4. The SMILES string of the molecule is CC(C)CCCCN1CCN(Cc2ccc(C(C)CCC(C)CCCN3CCN(Cc4ccc(C(C)C)cc4)CC3)cc2)CC1. The molecule has 0 N–H and O–H groups in total. The fourth-order valence-corrected chi connectivity index (χ4v) is 7.21. The van der Waals surface area contributed by atoms with Gasteiger partial charge in [0.15, 0.2) is 0 Å². The molecule has 0 spiro atoms. The highest BCUT2D eigenvalue weighted by Crippen LogP contribution is 2.25. The molecule has 252 valence electrons. The number of nitrogens with zero attached hydrogens (tertiary/aromatic N) is 4. The number of unbranched alkanes of at least 4 members (excludes halogenated alkanes) is 1. The second-order valence-electron chi connectivity index (χ2n) is 15.5. The number of piperazine rings is 2. The maximum Gasteiger partial charge on any atom is 0.0234 e. The van der Waals surface area contributed by atoms with Gasteiger partial charge in [0.2, 0.25) is 0 Å². The van der Waals surface area contributed by atoms with Crippen LogP contribution in [0.15, 0.2) is 48.5 Å². The molecule has 2 aliphatic rings. The molecule has 2 saturated heterocycles. The Kier molecular flexibility index (Phi) is 15.4. The van der Waals surface area contributed by atoms with E-state index in [0.29, 0.717) is 11.8 Å². The lowest BCUT2D eigenvalue weighted by atomic mass is 9.90. The van der Waals surface area contributed by atoms with Crippen LogP contribution < -0.4 is 0 Å². The van der Waals surface area contributed by atoms with E-state index in [2.05, 4.69) is 110 Å². The summed E-state index contributed by atoms with van der Waals surface area (Å²) < 4.78 is 0. The molecule has 4 nitrogen and oxygen atoms in total. The standard InChI is InChI=1S/C41H68N4/c1-34(2)10-7-8-22-42-24-28-44(29-25-42)33-39-16-20-41(21-17-39)37(6)13-12-36(5)11-9-23-43-26-30-45(31-27-43)32-38-14-18-40(19-15-38)35(3)4/h14-21,34-37H,7-13,22-33H2,1-6H3. The Hall–Kier alpha value is -1.72. The molecule has 0 aromatic heterocycles. The molecule has 0 aliphatic carbocycles. The minimum atomic E-state index is 0.613. The molecule has 2 aliphatic heterocycles. The van der Waals surface area contributed by atoms with Gasteiger partial charge in [-0.25, -0.2) is 0 Å². The maximum absolute atomic E-state index is 2.70. The van der Waals surface area contributed by atoms with Gasteiger partial charge in [-0.15, -0.1) is 0 Å². The highest BCUT2D eigenvalue weighted by Gasteiger charge is 2.19.